The van der Waals surface area contributed by atoms with Crippen LogP contribution in [0.2, 0.25) is 0 Å². The largest absolute Gasteiger partial charge is 0.456 e. The maximum absolute atomic E-state index is 15.4. The summed E-state index contributed by atoms with van der Waals surface area (Å²) in [6.07, 6.45) is -6.91. The van der Waals surface area contributed by atoms with Crippen molar-refractivity contribution in [3.8, 4) is 0 Å². The molecule has 1 aromatic heterocycles. The molecule has 13 atom stereocenters. The number of fused-ring (bicyclic) bond motifs is 4. The van der Waals surface area contributed by atoms with Gasteiger partial charge in [0.25, 0.3) is 5.79 Å². The summed E-state index contributed by atoms with van der Waals surface area (Å²) in [7, 11) is 0. The number of hydrogen-bond donors (Lipinski definition) is 0. The summed E-state index contributed by atoms with van der Waals surface area (Å²) in [6.45, 7) is 5.41. The van der Waals surface area contributed by atoms with Gasteiger partial charge in [-0.15, -0.1) is 5.10 Å². The molecule has 9 heterocycles. The molecule has 8 aliphatic heterocycles. The van der Waals surface area contributed by atoms with E-state index in [9.17, 15) is 13.2 Å². The second-order valence-corrected chi connectivity index (χ2v) is 16.4. The molecule has 0 N–H and O–H groups in total. The number of rotatable bonds is 5. The van der Waals surface area contributed by atoms with Crippen LogP contribution in [0.1, 0.15) is 91.2 Å². The quantitative estimate of drug-likeness (QED) is 0.235. The molecule has 11 rings (SSSR count). The summed E-state index contributed by atoms with van der Waals surface area (Å²) in [6, 6.07) is 0. The molecule has 290 valence electrons. The van der Waals surface area contributed by atoms with Gasteiger partial charge in [0, 0.05) is 42.1 Å². The van der Waals surface area contributed by atoms with Gasteiger partial charge in [-0.2, -0.15) is 26.3 Å². The molecule has 12 nitrogen and oxygen atoms in total. The van der Waals surface area contributed by atoms with E-state index in [-0.39, 0.29) is 29.0 Å². The normalized spacial score (nSPS) is 48.4. The van der Waals surface area contributed by atoms with Gasteiger partial charge in [0.2, 0.25) is 23.6 Å². The highest BCUT2D eigenvalue weighted by atomic mass is 19.4. The van der Waals surface area contributed by atoms with E-state index in [1.807, 2.05) is 6.92 Å². The van der Waals surface area contributed by atoms with Crippen molar-refractivity contribution in [2.24, 2.45) is 35.5 Å². The average Bonchev–Trinajstić information content (AvgIpc) is 3.22. The zero-order valence-corrected chi connectivity index (χ0v) is 29.3. The van der Waals surface area contributed by atoms with Crippen molar-refractivity contribution in [3.63, 3.8) is 0 Å². The van der Waals surface area contributed by atoms with Crippen LogP contribution in [0.3, 0.4) is 0 Å². The SMILES string of the molecule is C[C@@H]1CC[C@H]2C(Cn3nncc3CO[C@@]3(C(F)(F)F)O[C@@H]4O[C@]5(C)CCC6CCC[C@@H]([C@H]3C)[C@]64OO5)=C(C(F)(F)F)O[C@@H]3O[C@]4(C)CCC1[C@]32OO4. The van der Waals surface area contributed by atoms with Gasteiger partial charge >= 0.3 is 12.4 Å². The Morgan fingerprint density at radius 2 is 1.54 bits per heavy atom. The minimum atomic E-state index is -5.05. The molecule has 0 aromatic carbocycles. The Hall–Kier alpha value is -2.06. The summed E-state index contributed by atoms with van der Waals surface area (Å²) >= 11 is 0. The average molecular weight is 752 g/mol. The molecule has 10 aliphatic rings. The topological polar surface area (TPSA) is 114 Å². The fourth-order valence-corrected chi connectivity index (χ4v) is 10.9. The van der Waals surface area contributed by atoms with E-state index in [0.717, 1.165) is 11.1 Å². The number of nitrogens with zero attached hydrogens (tertiary/aromatic N) is 3. The zero-order chi connectivity index (χ0) is 36.7. The van der Waals surface area contributed by atoms with Crippen LogP contribution in [0.15, 0.2) is 17.5 Å². The zero-order valence-electron chi connectivity index (χ0n) is 29.3. The van der Waals surface area contributed by atoms with Crippen molar-refractivity contribution in [1.29, 1.82) is 0 Å². The molecular formula is C34H43F6N3O9. The second-order valence-electron chi connectivity index (χ2n) is 16.4. The van der Waals surface area contributed by atoms with Crippen molar-refractivity contribution in [3.05, 3.63) is 23.2 Å². The maximum Gasteiger partial charge on any atom is 0.449 e. The molecule has 9 fully saturated rings. The monoisotopic (exact) mass is 751 g/mol. The summed E-state index contributed by atoms with van der Waals surface area (Å²) < 4.78 is 122. The maximum atomic E-state index is 15.4. The third-order valence-electron chi connectivity index (χ3n) is 13.6. The molecule has 0 amide bonds. The van der Waals surface area contributed by atoms with Crippen LogP contribution in [0.5, 0.6) is 0 Å². The van der Waals surface area contributed by atoms with Crippen molar-refractivity contribution < 1.29 is 69.6 Å². The van der Waals surface area contributed by atoms with E-state index in [0.29, 0.717) is 51.4 Å². The highest BCUT2D eigenvalue weighted by molar-refractivity contribution is 5.28. The molecule has 2 saturated carbocycles. The molecular weight excluding hydrogens is 708 g/mol. The third kappa shape index (κ3) is 4.89. The standard InChI is InChI=1S/C34H43F6N3O9/c1-17-8-9-24-21(25(33(35,36)37)45-26-31(24)22(17)11-13-29(4,46-26)50-52-31)15-43-20(14-41-42-43)16-44-32(34(38,39)40)18(2)23-7-5-6-19-10-12-28(3)47-27(48-32)30(19,23)51-49-28/h14,17-19,22-24,26-27H,5-13,15-16H2,1-4H3/t17-,18-,19?,22?,23+,24+,26-,27+,28+,29+,30-,31-,32-/m1/s1. The van der Waals surface area contributed by atoms with E-state index < -0.39 is 90.2 Å². The van der Waals surface area contributed by atoms with Crippen LogP contribution in [0.4, 0.5) is 26.3 Å². The van der Waals surface area contributed by atoms with E-state index in [1.165, 1.54) is 13.1 Å². The molecule has 0 radical (unpaired) electrons. The van der Waals surface area contributed by atoms with Gasteiger partial charge in [0.1, 0.15) is 0 Å². The van der Waals surface area contributed by atoms with Crippen LogP contribution in [-0.2, 0) is 56.4 Å². The fraction of sp³-hybridized carbons (Fsp3) is 0.882. The number of aromatic nitrogens is 3. The number of hydrogen-bond acceptors (Lipinski definition) is 11. The summed E-state index contributed by atoms with van der Waals surface area (Å²) in [4.78, 5) is 23.5. The molecule has 1 aromatic rings. The minimum Gasteiger partial charge on any atom is -0.456 e. The first-order valence-corrected chi connectivity index (χ1v) is 18.3. The number of allylic oxidation sites excluding steroid dienone is 1. The van der Waals surface area contributed by atoms with Gasteiger partial charge in [0.15, 0.2) is 17.5 Å². The van der Waals surface area contributed by atoms with Crippen LogP contribution >= 0.6 is 0 Å². The first-order valence-electron chi connectivity index (χ1n) is 18.3. The lowest BCUT2D eigenvalue weighted by atomic mass is 9.59. The van der Waals surface area contributed by atoms with E-state index >= 15 is 13.2 Å². The first kappa shape index (κ1) is 35.6. The Kier molecular flexibility index (Phi) is 7.87. The minimum absolute atomic E-state index is 0.00374. The van der Waals surface area contributed by atoms with E-state index in [4.69, 9.17) is 43.2 Å². The van der Waals surface area contributed by atoms with Crippen LogP contribution in [0.25, 0.3) is 0 Å². The second kappa shape index (κ2) is 11.5. The Labute approximate surface area is 295 Å². The van der Waals surface area contributed by atoms with Gasteiger partial charge < -0.3 is 23.7 Å². The number of halogens is 6. The van der Waals surface area contributed by atoms with Crippen LogP contribution in [-0.4, -0.2) is 68.5 Å². The Bertz CT molecular complexity index is 1630. The van der Waals surface area contributed by atoms with E-state index in [1.54, 1.807) is 13.8 Å². The van der Waals surface area contributed by atoms with Crippen LogP contribution < -0.4 is 0 Å². The Balaban J connectivity index is 1.05. The Morgan fingerprint density at radius 3 is 2.27 bits per heavy atom. The fourth-order valence-electron chi connectivity index (χ4n) is 10.9. The molecule has 4 bridgehead atoms. The molecule has 2 unspecified atom stereocenters. The number of alkyl halides is 6. The van der Waals surface area contributed by atoms with Gasteiger partial charge in [-0.3, -0.25) is 0 Å². The molecule has 7 saturated heterocycles. The molecule has 2 aliphatic carbocycles. The highest BCUT2D eigenvalue weighted by Crippen LogP contribution is 2.64. The molecule has 52 heavy (non-hydrogen) atoms. The van der Waals surface area contributed by atoms with Crippen molar-refractivity contribution in [2.75, 3.05) is 0 Å². The molecule has 18 heteroatoms. The summed E-state index contributed by atoms with van der Waals surface area (Å²) in [5, 5.41) is 7.89. The lowest BCUT2D eigenvalue weighted by molar-refractivity contribution is -0.598. The van der Waals surface area contributed by atoms with Gasteiger partial charge in [-0.1, -0.05) is 25.5 Å². The lowest BCUT2D eigenvalue weighted by Gasteiger charge is -2.61. The van der Waals surface area contributed by atoms with Gasteiger partial charge in [-0.05, 0) is 64.2 Å². The van der Waals surface area contributed by atoms with Crippen molar-refractivity contribution in [2.45, 2.75) is 152 Å². The summed E-state index contributed by atoms with van der Waals surface area (Å²) in [5.74, 6) is -10.2. The number of ether oxygens (including phenoxy) is 5. The Morgan fingerprint density at radius 1 is 0.827 bits per heavy atom. The highest BCUT2D eigenvalue weighted by Gasteiger charge is 2.77. The van der Waals surface area contributed by atoms with E-state index in [2.05, 4.69) is 10.3 Å². The first-order chi connectivity index (χ1) is 24.4. The smallest absolute Gasteiger partial charge is 0.449 e. The predicted octanol–water partition coefficient (Wildman–Crippen LogP) is 6.75. The third-order valence-corrected chi connectivity index (χ3v) is 13.6. The van der Waals surface area contributed by atoms with Crippen molar-refractivity contribution in [1.82, 2.24) is 15.0 Å². The van der Waals surface area contributed by atoms with Gasteiger partial charge in [-0.25, -0.2) is 24.2 Å². The van der Waals surface area contributed by atoms with Gasteiger partial charge in [0.05, 0.1) is 25.0 Å². The molecule has 2 spiro atoms. The van der Waals surface area contributed by atoms with Crippen LogP contribution in [0, 0.1) is 35.5 Å². The van der Waals surface area contributed by atoms with Crippen molar-refractivity contribution >= 4 is 0 Å². The summed E-state index contributed by atoms with van der Waals surface area (Å²) in [5.41, 5.74) is -2.82. The lowest BCUT2D eigenvalue weighted by Crippen LogP contribution is -2.75. The predicted molar refractivity (Wildman–Crippen MR) is 159 cm³/mol.